The normalized spacial score (nSPS) is 13.4. The molecule has 0 aromatic heterocycles. The molecule has 84 valence electrons. The minimum atomic E-state index is -3.95. The Morgan fingerprint density at radius 1 is 1.36 bits per heavy atom. The quantitative estimate of drug-likeness (QED) is 0.397. The van der Waals surface area contributed by atoms with Gasteiger partial charge in [0.15, 0.2) is 0 Å². The molecule has 0 heterocycles. The number of halogens is 1. The molecule has 0 aromatic rings. The van der Waals surface area contributed by atoms with E-state index in [9.17, 15) is 12.8 Å². The van der Waals surface area contributed by atoms with Crippen LogP contribution in [0.2, 0.25) is 0 Å². The van der Waals surface area contributed by atoms with E-state index in [1.807, 2.05) is 0 Å². The molecular formula is C8H19CaFO3S. The smallest absolute Gasteiger partial charge is 1.00 e. The Morgan fingerprint density at radius 3 is 2.36 bits per heavy atom. The van der Waals surface area contributed by atoms with E-state index in [0.29, 0.717) is 6.42 Å². The van der Waals surface area contributed by atoms with Gasteiger partial charge in [0.05, 0.1) is 6.61 Å². The fourth-order valence-corrected chi connectivity index (χ4v) is 1.34. The molecule has 0 N–H and O–H groups in total. The van der Waals surface area contributed by atoms with Crippen LogP contribution in [0.1, 0.15) is 42.4 Å². The van der Waals surface area contributed by atoms with Gasteiger partial charge in [-0.15, -0.1) is 0 Å². The van der Waals surface area contributed by atoms with Crippen LogP contribution in [0, 0.1) is 0 Å². The molecule has 3 nitrogen and oxygen atoms in total. The Morgan fingerprint density at radius 2 is 1.93 bits per heavy atom. The Bertz CT molecular complexity index is 225. The summed E-state index contributed by atoms with van der Waals surface area (Å²) in [7, 11) is -3.95. The van der Waals surface area contributed by atoms with Crippen LogP contribution in [0.25, 0.3) is 0 Å². The van der Waals surface area contributed by atoms with Crippen LogP contribution < -0.4 is 0 Å². The largest absolute Gasteiger partial charge is 2.00 e. The Labute approximate surface area is 118 Å². The molecule has 0 amide bonds. The third-order valence-corrected chi connectivity index (χ3v) is 2.93. The summed E-state index contributed by atoms with van der Waals surface area (Å²) in [5.41, 5.74) is -1.93. The van der Waals surface area contributed by atoms with Gasteiger partial charge in [0, 0.05) is 0 Å². The van der Waals surface area contributed by atoms with Crippen molar-refractivity contribution in [1.29, 1.82) is 0 Å². The average molecular weight is 254 g/mol. The summed E-state index contributed by atoms with van der Waals surface area (Å²) in [6, 6.07) is 0. The first kappa shape index (κ1) is 17.5. The average Bonchev–Trinajstić information content (AvgIpc) is 2.03. The monoisotopic (exact) mass is 254 g/mol. The second-order valence-corrected chi connectivity index (χ2v) is 4.79. The molecule has 0 saturated carbocycles. The molecule has 0 radical (unpaired) electrons. The van der Waals surface area contributed by atoms with Crippen molar-refractivity contribution in [2.24, 2.45) is 0 Å². The van der Waals surface area contributed by atoms with E-state index in [2.05, 4.69) is 11.1 Å². The SMILES string of the molecule is CCCCCCOS(=O)(=O)C(C)F.[Ca+2].[H-].[H-]. The summed E-state index contributed by atoms with van der Waals surface area (Å²) >= 11 is 0. The van der Waals surface area contributed by atoms with Crippen molar-refractivity contribution in [3.8, 4) is 0 Å². The minimum absolute atomic E-state index is 0. The molecule has 0 aliphatic carbocycles. The van der Waals surface area contributed by atoms with Crippen LogP contribution in [0.4, 0.5) is 4.39 Å². The van der Waals surface area contributed by atoms with Gasteiger partial charge < -0.3 is 2.85 Å². The van der Waals surface area contributed by atoms with Crippen LogP contribution >= 0.6 is 0 Å². The number of alkyl halides is 1. The summed E-state index contributed by atoms with van der Waals surface area (Å²) in [4.78, 5) is 0. The van der Waals surface area contributed by atoms with Gasteiger partial charge in [-0.1, -0.05) is 26.2 Å². The van der Waals surface area contributed by atoms with Gasteiger partial charge in [0.2, 0.25) is 5.50 Å². The van der Waals surface area contributed by atoms with Gasteiger partial charge in [-0.3, -0.25) is 4.18 Å². The van der Waals surface area contributed by atoms with E-state index >= 15 is 0 Å². The molecule has 0 rings (SSSR count). The second-order valence-electron chi connectivity index (χ2n) is 2.92. The van der Waals surface area contributed by atoms with Crippen LogP contribution in [-0.2, 0) is 14.3 Å². The zero-order valence-electron chi connectivity index (χ0n) is 10.8. The third kappa shape index (κ3) is 8.41. The molecule has 0 aliphatic rings. The molecule has 1 atom stereocenters. The summed E-state index contributed by atoms with van der Waals surface area (Å²) in [6.45, 7) is 3.11. The van der Waals surface area contributed by atoms with Crippen LogP contribution in [-0.4, -0.2) is 58.3 Å². The molecule has 14 heavy (non-hydrogen) atoms. The third-order valence-electron chi connectivity index (χ3n) is 1.64. The maximum Gasteiger partial charge on any atom is 2.00 e. The zero-order chi connectivity index (χ0) is 10.3. The van der Waals surface area contributed by atoms with Crippen molar-refractivity contribution in [3.05, 3.63) is 0 Å². The van der Waals surface area contributed by atoms with E-state index in [1.54, 1.807) is 0 Å². The van der Waals surface area contributed by atoms with Crippen molar-refractivity contribution < 1.29 is 19.8 Å². The van der Waals surface area contributed by atoms with E-state index in [4.69, 9.17) is 0 Å². The molecule has 0 bridgehead atoms. The Balaban J connectivity index is -0.000000240. The molecule has 0 saturated heterocycles. The topological polar surface area (TPSA) is 43.4 Å². The predicted molar refractivity (Wildman–Crippen MR) is 57.6 cm³/mol. The van der Waals surface area contributed by atoms with Crippen molar-refractivity contribution in [2.75, 3.05) is 6.61 Å². The Kier molecular flexibility index (Phi) is 11.7. The summed E-state index contributed by atoms with van der Waals surface area (Å²) in [6.07, 6.45) is 3.72. The van der Waals surface area contributed by atoms with Crippen molar-refractivity contribution in [3.63, 3.8) is 0 Å². The maximum absolute atomic E-state index is 12.3. The van der Waals surface area contributed by atoms with Crippen molar-refractivity contribution >= 4 is 47.9 Å². The first-order valence-electron chi connectivity index (χ1n) is 4.53. The van der Waals surface area contributed by atoms with E-state index in [0.717, 1.165) is 26.2 Å². The molecule has 0 spiro atoms. The van der Waals surface area contributed by atoms with Gasteiger partial charge in [-0.2, -0.15) is 8.42 Å². The minimum Gasteiger partial charge on any atom is -1.00 e. The number of unbranched alkanes of at least 4 members (excludes halogenated alkanes) is 3. The second kappa shape index (κ2) is 9.33. The fourth-order valence-electron chi connectivity index (χ4n) is 0.798. The Hall–Kier alpha value is 1.10. The molecule has 0 aromatic carbocycles. The van der Waals surface area contributed by atoms with Crippen LogP contribution in [0.15, 0.2) is 0 Å². The van der Waals surface area contributed by atoms with E-state index in [-0.39, 0.29) is 47.2 Å². The standard InChI is InChI=1S/C8H17FO3S.Ca.2H/c1-3-4-5-6-7-12-13(10,11)8(2)9;;;/h8H,3-7H2,1-2H3;;;/q;+2;2*-1. The predicted octanol–water partition coefficient (Wildman–Crippen LogP) is 2.07. The van der Waals surface area contributed by atoms with E-state index in [1.165, 1.54) is 0 Å². The van der Waals surface area contributed by atoms with Gasteiger partial charge in [-0.25, -0.2) is 4.39 Å². The van der Waals surface area contributed by atoms with Gasteiger partial charge in [0.25, 0.3) is 10.1 Å². The number of rotatable bonds is 7. The van der Waals surface area contributed by atoms with Crippen LogP contribution in [0.5, 0.6) is 0 Å². The summed E-state index contributed by atoms with van der Waals surface area (Å²) in [5.74, 6) is 0. The van der Waals surface area contributed by atoms with Gasteiger partial charge >= 0.3 is 37.7 Å². The molecule has 6 heteroatoms. The van der Waals surface area contributed by atoms with Crippen molar-refractivity contribution in [2.45, 2.75) is 45.0 Å². The zero-order valence-corrected chi connectivity index (χ0v) is 11.9. The van der Waals surface area contributed by atoms with E-state index < -0.39 is 15.6 Å². The summed E-state index contributed by atoms with van der Waals surface area (Å²) in [5, 5.41) is 0. The van der Waals surface area contributed by atoms with Crippen LogP contribution in [0.3, 0.4) is 0 Å². The molecular weight excluding hydrogens is 235 g/mol. The summed E-state index contributed by atoms with van der Waals surface area (Å²) < 4.78 is 38.3. The maximum atomic E-state index is 12.3. The number of hydrogen-bond acceptors (Lipinski definition) is 3. The van der Waals surface area contributed by atoms with Gasteiger partial charge in [-0.05, 0) is 13.3 Å². The first-order chi connectivity index (χ1) is 6.00. The molecule has 0 fully saturated rings. The fraction of sp³-hybridized carbons (Fsp3) is 1.00. The van der Waals surface area contributed by atoms with Crippen molar-refractivity contribution in [1.82, 2.24) is 0 Å². The van der Waals surface area contributed by atoms with Gasteiger partial charge in [0.1, 0.15) is 0 Å². The molecule has 1 unspecified atom stereocenters. The molecule has 0 aliphatic heterocycles. The number of hydrogen-bond donors (Lipinski definition) is 0. The first-order valence-corrected chi connectivity index (χ1v) is 6.00.